The van der Waals surface area contributed by atoms with Crippen LogP contribution in [0.2, 0.25) is 0 Å². The van der Waals surface area contributed by atoms with Gasteiger partial charge in [-0.15, -0.1) is 0 Å². The molecule has 0 unspecified atom stereocenters. The van der Waals surface area contributed by atoms with Crippen molar-refractivity contribution < 1.29 is 29.3 Å². The Balaban J connectivity index is 0.000000540. The number of carbonyl (C=O) groups excluding carboxylic acids is 1. The molecule has 0 atom stereocenters. The molecular weight excluding hydrogens is 354 g/mol. The van der Waals surface area contributed by atoms with Gasteiger partial charge in [-0.05, 0) is 18.8 Å². The Hall–Kier alpha value is -1.71. The number of hydrogen-bond donors (Lipinski definition) is 2. The first-order chi connectivity index (χ1) is 13.1. The van der Waals surface area contributed by atoms with Crippen LogP contribution >= 0.6 is 0 Å². The summed E-state index contributed by atoms with van der Waals surface area (Å²) in [5, 5.41) is 13.8. The van der Waals surface area contributed by atoms with E-state index in [2.05, 4.69) is 14.7 Å². The second kappa shape index (κ2) is 14.4. The van der Waals surface area contributed by atoms with Crippen LogP contribution in [0.25, 0.3) is 0 Å². The van der Waals surface area contributed by atoms with E-state index in [-0.39, 0.29) is 12.9 Å². The topological polar surface area (TPSA) is 111 Å². The van der Waals surface area contributed by atoms with Gasteiger partial charge in [-0.3, -0.25) is 24.2 Å². The fourth-order valence-corrected chi connectivity index (χ4v) is 3.46. The maximum atomic E-state index is 12.3. The molecule has 0 aromatic rings. The van der Waals surface area contributed by atoms with E-state index in [0.29, 0.717) is 12.3 Å². The average Bonchev–Trinajstić information content (AvgIpc) is 2.65. The van der Waals surface area contributed by atoms with Crippen LogP contribution < -0.4 is 0 Å². The molecule has 0 aromatic carbocycles. The summed E-state index contributed by atoms with van der Waals surface area (Å²) in [5.41, 5.74) is 0. The highest BCUT2D eigenvalue weighted by Crippen LogP contribution is 2.27. The van der Waals surface area contributed by atoms with E-state index in [1.165, 1.54) is 25.8 Å². The minimum atomic E-state index is -0.250. The summed E-state index contributed by atoms with van der Waals surface area (Å²) in [5.74, 6) is 1.28. The van der Waals surface area contributed by atoms with E-state index in [0.717, 1.165) is 64.9 Å². The molecule has 1 aliphatic carbocycles. The Morgan fingerprint density at radius 3 is 1.96 bits per heavy atom. The third-order valence-corrected chi connectivity index (χ3v) is 5.21. The predicted octanol–water partition coefficient (Wildman–Crippen LogP) is 0.0546. The van der Waals surface area contributed by atoms with Gasteiger partial charge in [0.1, 0.15) is 0 Å². The first-order valence-corrected chi connectivity index (χ1v) is 9.60. The highest BCUT2D eigenvalue weighted by Gasteiger charge is 2.25. The number of nitrogens with zero attached hydrogens (tertiary/aromatic N) is 3. The standard InChI is InChI=1S/C16H29N3O2.2CH2O2/c20-16(4-5-17-10-12-21-13-11-17)19-8-6-18(7-9-19)14-15-2-1-3-15;2*2-1-3/h15H,1-14H2;2*1H,(H,2,3). The summed E-state index contributed by atoms with van der Waals surface area (Å²) in [6.07, 6.45) is 4.92. The molecule has 2 heterocycles. The summed E-state index contributed by atoms with van der Waals surface area (Å²) in [4.78, 5) is 36.0. The van der Waals surface area contributed by atoms with Crippen molar-refractivity contribution in [1.82, 2.24) is 14.7 Å². The second-order valence-corrected chi connectivity index (χ2v) is 6.89. The fourth-order valence-electron chi connectivity index (χ4n) is 3.46. The Bertz CT molecular complexity index is 413. The molecule has 2 saturated heterocycles. The summed E-state index contributed by atoms with van der Waals surface area (Å²) >= 11 is 0. The van der Waals surface area contributed by atoms with Gasteiger partial charge >= 0.3 is 0 Å². The van der Waals surface area contributed by atoms with E-state index >= 15 is 0 Å². The van der Waals surface area contributed by atoms with Crippen molar-refractivity contribution in [3.63, 3.8) is 0 Å². The highest BCUT2D eigenvalue weighted by atomic mass is 16.5. The quantitative estimate of drug-likeness (QED) is 0.637. The van der Waals surface area contributed by atoms with Gasteiger partial charge in [0, 0.05) is 58.8 Å². The molecule has 0 aromatic heterocycles. The van der Waals surface area contributed by atoms with Crippen LogP contribution in [0.3, 0.4) is 0 Å². The smallest absolute Gasteiger partial charge is 0.290 e. The molecule has 3 aliphatic rings. The molecule has 0 spiro atoms. The average molecular weight is 387 g/mol. The van der Waals surface area contributed by atoms with Crippen LogP contribution in [0.1, 0.15) is 25.7 Å². The largest absolute Gasteiger partial charge is 0.483 e. The third kappa shape index (κ3) is 9.69. The van der Waals surface area contributed by atoms with Crippen molar-refractivity contribution in [3.05, 3.63) is 0 Å². The first kappa shape index (κ1) is 23.3. The number of hydrogen-bond acceptors (Lipinski definition) is 6. The lowest BCUT2D eigenvalue weighted by Crippen LogP contribution is -2.50. The normalized spacial score (nSPS) is 21.0. The third-order valence-electron chi connectivity index (χ3n) is 5.21. The molecule has 27 heavy (non-hydrogen) atoms. The van der Waals surface area contributed by atoms with Crippen LogP contribution in [0.15, 0.2) is 0 Å². The lowest BCUT2D eigenvalue weighted by Gasteiger charge is -2.38. The van der Waals surface area contributed by atoms with E-state index in [9.17, 15) is 4.79 Å². The number of morpholine rings is 1. The molecule has 2 N–H and O–H groups in total. The Morgan fingerprint density at radius 2 is 1.48 bits per heavy atom. The van der Waals surface area contributed by atoms with Gasteiger partial charge in [-0.25, -0.2) is 0 Å². The van der Waals surface area contributed by atoms with Gasteiger partial charge in [0.25, 0.3) is 12.9 Å². The molecule has 0 radical (unpaired) electrons. The minimum absolute atomic E-state index is 0.250. The molecule has 0 bridgehead atoms. The van der Waals surface area contributed by atoms with E-state index in [1.807, 2.05) is 0 Å². The van der Waals surface area contributed by atoms with Crippen LogP contribution in [0, 0.1) is 5.92 Å². The van der Waals surface area contributed by atoms with Gasteiger partial charge < -0.3 is 19.8 Å². The van der Waals surface area contributed by atoms with Crippen LogP contribution in [0.4, 0.5) is 0 Å². The molecule has 9 nitrogen and oxygen atoms in total. The molecule has 3 fully saturated rings. The predicted molar refractivity (Wildman–Crippen MR) is 99.6 cm³/mol. The summed E-state index contributed by atoms with van der Waals surface area (Å²) in [7, 11) is 0. The molecule has 3 rings (SSSR count). The Labute approximate surface area is 160 Å². The molecule has 2 aliphatic heterocycles. The van der Waals surface area contributed by atoms with Crippen molar-refractivity contribution in [3.8, 4) is 0 Å². The molecule has 9 heteroatoms. The van der Waals surface area contributed by atoms with Crippen molar-refractivity contribution >= 4 is 18.9 Å². The van der Waals surface area contributed by atoms with Crippen LogP contribution in [-0.2, 0) is 19.1 Å². The zero-order valence-corrected chi connectivity index (χ0v) is 16.0. The van der Waals surface area contributed by atoms with E-state index in [4.69, 9.17) is 24.5 Å². The van der Waals surface area contributed by atoms with E-state index in [1.54, 1.807) is 0 Å². The van der Waals surface area contributed by atoms with Crippen molar-refractivity contribution in [1.29, 1.82) is 0 Å². The highest BCUT2D eigenvalue weighted by molar-refractivity contribution is 5.76. The number of carboxylic acid groups (broad SMARTS) is 2. The monoisotopic (exact) mass is 387 g/mol. The van der Waals surface area contributed by atoms with Gasteiger partial charge in [0.05, 0.1) is 13.2 Å². The van der Waals surface area contributed by atoms with Gasteiger partial charge in [-0.1, -0.05) is 6.42 Å². The first-order valence-electron chi connectivity index (χ1n) is 9.60. The number of piperazine rings is 1. The van der Waals surface area contributed by atoms with Crippen molar-refractivity contribution in [2.45, 2.75) is 25.7 Å². The molecule has 1 amide bonds. The maximum Gasteiger partial charge on any atom is 0.290 e. The Morgan fingerprint density at radius 1 is 0.926 bits per heavy atom. The van der Waals surface area contributed by atoms with Gasteiger partial charge in [-0.2, -0.15) is 0 Å². The number of rotatable bonds is 5. The fraction of sp³-hybridized carbons (Fsp3) is 0.833. The molecular formula is C18H33N3O6. The molecule has 156 valence electrons. The zero-order chi connectivity index (χ0) is 19.9. The summed E-state index contributed by atoms with van der Waals surface area (Å²) in [6, 6.07) is 0. The number of amides is 1. The lowest BCUT2D eigenvalue weighted by atomic mass is 9.85. The Kier molecular flexibility index (Phi) is 12.4. The molecule has 1 saturated carbocycles. The van der Waals surface area contributed by atoms with Gasteiger partial charge in [0.2, 0.25) is 5.91 Å². The van der Waals surface area contributed by atoms with Gasteiger partial charge in [0.15, 0.2) is 0 Å². The SMILES string of the molecule is O=C(CCN1CCOCC1)N1CCN(CC2CCC2)CC1.O=CO.O=CO. The minimum Gasteiger partial charge on any atom is -0.483 e. The zero-order valence-electron chi connectivity index (χ0n) is 16.0. The number of ether oxygens (including phenoxy) is 1. The summed E-state index contributed by atoms with van der Waals surface area (Å²) in [6.45, 7) is 9.22. The van der Waals surface area contributed by atoms with E-state index < -0.39 is 0 Å². The second-order valence-electron chi connectivity index (χ2n) is 6.89. The van der Waals surface area contributed by atoms with Crippen LogP contribution in [-0.4, -0.2) is 109 Å². The lowest BCUT2D eigenvalue weighted by molar-refractivity contribution is -0.133. The maximum absolute atomic E-state index is 12.3. The van der Waals surface area contributed by atoms with Crippen molar-refractivity contribution in [2.75, 3.05) is 65.6 Å². The number of carbonyl (C=O) groups is 3. The summed E-state index contributed by atoms with van der Waals surface area (Å²) < 4.78 is 5.34. The van der Waals surface area contributed by atoms with Crippen LogP contribution in [0.5, 0.6) is 0 Å². The van der Waals surface area contributed by atoms with Crippen molar-refractivity contribution in [2.24, 2.45) is 5.92 Å².